The zero-order valence-electron chi connectivity index (χ0n) is 13.1. The highest BCUT2D eigenvalue weighted by Gasteiger charge is 2.18. The van der Waals surface area contributed by atoms with Crippen LogP contribution >= 0.6 is 0 Å². The predicted octanol–water partition coefficient (Wildman–Crippen LogP) is 3.64. The Morgan fingerprint density at radius 1 is 1.24 bits per heavy atom. The molecule has 2 N–H and O–H groups in total. The molecule has 2 rings (SSSR count). The lowest BCUT2D eigenvalue weighted by atomic mass is 10.0. The van der Waals surface area contributed by atoms with Gasteiger partial charge >= 0.3 is 5.97 Å². The molecule has 2 aromatic rings. The smallest absolute Gasteiger partial charge is 0.320 e. The van der Waals surface area contributed by atoms with Crippen LogP contribution in [0.4, 0.5) is 0 Å². The fraction of sp³-hybridized carbons (Fsp3) is 0.471. The number of hydrogen-bond donors (Lipinski definition) is 2. The lowest BCUT2D eigenvalue weighted by Gasteiger charge is -2.15. The quantitative estimate of drug-likeness (QED) is 0.852. The first-order valence-electron chi connectivity index (χ1n) is 7.32. The average molecular weight is 289 g/mol. The van der Waals surface area contributed by atoms with Gasteiger partial charge in [-0.2, -0.15) is 0 Å². The first-order valence-corrected chi connectivity index (χ1v) is 7.32. The number of carbonyl (C=O) groups is 1. The molecule has 0 radical (unpaired) electrons. The Bertz CT molecular complexity index is 604. The lowest BCUT2D eigenvalue weighted by molar-refractivity contribution is -0.140. The molecule has 0 fully saturated rings. The third-order valence-corrected chi connectivity index (χ3v) is 3.71. The van der Waals surface area contributed by atoms with Crippen molar-refractivity contribution < 1.29 is 14.3 Å². The van der Waals surface area contributed by atoms with E-state index in [0.717, 1.165) is 16.7 Å². The second-order valence-electron chi connectivity index (χ2n) is 6.09. The standard InChI is InChI=1S/C17H23NO3/c1-10(2)5-15(17(19)20)18-9-14-8-13-6-11(3)12(4)7-16(13)21-14/h6-8,10,15,18H,5,9H2,1-4H3,(H,19,20)/t15-/m1/s1. The van der Waals surface area contributed by atoms with Crippen LogP contribution in [0.1, 0.15) is 37.2 Å². The number of aliphatic carboxylic acids is 1. The van der Waals surface area contributed by atoms with Crippen LogP contribution in [0.5, 0.6) is 0 Å². The predicted molar refractivity (Wildman–Crippen MR) is 83.4 cm³/mol. The van der Waals surface area contributed by atoms with Crippen LogP contribution in [0.2, 0.25) is 0 Å². The van der Waals surface area contributed by atoms with Crippen molar-refractivity contribution in [2.24, 2.45) is 5.92 Å². The summed E-state index contributed by atoms with van der Waals surface area (Å²) in [6.45, 7) is 8.59. The number of carboxylic acid groups (broad SMARTS) is 1. The third kappa shape index (κ3) is 3.85. The highest BCUT2D eigenvalue weighted by Crippen LogP contribution is 2.23. The van der Waals surface area contributed by atoms with E-state index in [1.165, 1.54) is 11.1 Å². The number of aryl methyl sites for hydroxylation is 2. The van der Waals surface area contributed by atoms with Crippen molar-refractivity contribution in [2.75, 3.05) is 0 Å². The molecule has 1 heterocycles. The first-order chi connectivity index (χ1) is 9.86. The van der Waals surface area contributed by atoms with Crippen LogP contribution in [0.25, 0.3) is 11.0 Å². The van der Waals surface area contributed by atoms with Gasteiger partial charge in [0.2, 0.25) is 0 Å². The van der Waals surface area contributed by atoms with E-state index in [1.54, 1.807) is 0 Å². The fourth-order valence-electron chi connectivity index (χ4n) is 2.41. The molecule has 0 saturated carbocycles. The summed E-state index contributed by atoms with van der Waals surface area (Å²) in [6.07, 6.45) is 0.605. The van der Waals surface area contributed by atoms with E-state index < -0.39 is 12.0 Å². The van der Waals surface area contributed by atoms with E-state index in [2.05, 4.69) is 25.2 Å². The van der Waals surface area contributed by atoms with Crippen molar-refractivity contribution in [3.05, 3.63) is 35.1 Å². The molecule has 0 bridgehead atoms. The number of hydrogen-bond acceptors (Lipinski definition) is 3. The van der Waals surface area contributed by atoms with Crippen LogP contribution in [-0.4, -0.2) is 17.1 Å². The number of furan rings is 1. The van der Waals surface area contributed by atoms with Gasteiger partial charge in [0.1, 0.15) is 17.4 Å². The summed E-state index contributed by atoms with van der Waals surface area (Å²) in [4.78, 5) is 11.2. The normalized spacial score (nSPS) is 13.0. The maximum Gasteiger partial charge on any atom is 0.320 e. The Kier molecular flexibility index (Phi) is 4.68. The van der Waals surface area contributed by atoms with Gasteiger partial charge in [-0.25, -0.2) is 0 Å². The molecule has 1 aromatic carbocycles. The van der Waals surface area contributed by atoms with Gasteiger partial charge in [-0.1, -0.05) is 13.8 Å². The van der Waals surface area contributed by atoms with Gasteiger partial charge in [0.05, 0.1) is 6.54 Å². The molecule has 0 spiro atoms. The van der Waals surface area contributed by atoms with E-state index in [-0.39, 0.29) is 0 Å². The zero-order chi connectivity index (χ0) is 15.6. The van der Waals surface area contributed by atoms with E-state index in [9.17, 15) is 9.90 Å². The summed E-state index contributed by atoms with van der Waals surface area (Å²) in [6, 6.07) is 5.56. The maximum absolute atomic E-state index is 11.2. The highest BCUT2D eigenvalue weighted by atomic mass is 16.4. The van der Waals surface area contributed by atoms with Crippen molar-refractivity contribution in [1.29, 1.82) is 0 Å². The van der Waals surface area contributed by atoms with E-state index in [4.69, 9.17) is 4.42 Å². The topological polar surface area (TPSA) is 62.5 Å². The van der Waals surface area contributed by atoms with Gasteiger partial charge in [0, 0.05) is 5.39 Å². The average Bonchev–Trinajstić information content (AvgIpc) is 2.76. The van der Waals surface area contributed by atoms with Crippen LogP contribution in [0.3, 0.4) is 0 Å². The van der Waals surface area contributed by atoms with Gasteiger partial charge in [0.25, 0.3) is 0 Å². The van der Waals surface area contributed by atoms with Crippen molar-refractivity contribution >= 4 is 16.9 Å². The minimum Gasteiger partial charge on any atom is -0.480 e. The molecule has 0 aliphatic carbocycles. The van der Waals surface area contributed by atoms with E-state index >= 15 is 0 Å². The highest BCUT2D eigenvalue weighted by molar-refractivity contribution is 5.79. The Balaban J connectivity index is 2.10. The number of carboxylic acids is 1. The number of benzene rings is 1. The third-order valence-electron chi connectivity index (χ3n) is 3.71. The summed E-state index contributed by atoms with van der Waals surface area (Å²) in [5, 5.41) is 13.3. The molecule has 0 unspecified atom stereocenters. The monoisotopic (exact) mass is 289 g/mol. The number of fused-ring (bicyclic) bond motifs is 1. The van der Waals surface area contributed by atoms with Crippen molar-refractivity contribution in [3.63, 3.8) is 0 Å². The minimum atomic E-state index is -0.813. The molecule has 1 aromatic heterocycles. The Morgan fingerprint density at radius 3 is 2.52 bits per heavy atom. The van der Waals surface area contributed by atoms with Crippen molar-refractivity contribution in [3.8, 4) is 0 Å². The molecular formula is C17H23NO3. The van der Waals surface area contributed by atoms with Gasteiger partial charge in [-0.05, 0) is 55.5 Å². The van der Waals surface area contributed by atoms with Gasteiger partial charge < -0.3 is 9.52 Å². The molecule has 1 atom stereocenters. The molecule has 0 aliphatic heterocycles. The molecule has 4 nitrogen and oxygen atoms in total. The summed E-state index contributed by atoms with van der Waals surface area (Å²) >= 11 is 0. The van der Waals surface area contributed by atoms with E-state index in [0.29, 0.717) is 18.9 Å². The summed E-state index contributed by atoms with van der Waals surface area (Å²) in [7, 11) is 0. The van der Waals surface area contributed by atoms with Gasteiger partial charge in [0.15, 0.2) is 0 Å². The minimum absolute atomic E-state index is 0.333. The number of nitrogens with one attached hydrogen (secondary N) is 1. The second-order valence-corrected chi connectivity index (χ2v) is 6.09. The Labute approximate surface area is 125 Å². The summed E-state index contributed by atoms with van der Waals surface area (Å²) in [5.41, 5.74) is 3.27. The Hall–Kier alpha value is -1.81. The SMILES string of the molecule is Cc1cc2cc(CN[C@H](CC(C)C)C(=O)O)oc2cc1C. The lowest BCUT2D eigenvalue weighted by Crippen LogP contribution is -2.37. The summed E-state index contributed by atoms with van der Waals surface area (Å²) < 4.78 is 5.78. The molecule has 21 heavy (non-hydrogen) atoms. The zero-order valence-corrected chi connectivity index (χ0v) is 13.1. The molecule has 4 heteroatoms. The van der Waals surface area contributed by atoms with Crippen molar-refractivity contribution in [2.45, 2.75) is 46.7 Å². The van der Waals surface area contributed by atoms with Crippen LogP contribution < -0.4 is 5.32 Å². The van der Waals surface area contributed by atoms with Crippen molar-refractivity contribution in [1.82, 2.24) is 5.32 Å². The van der Waals surface area contributed by atoms with Crippen LogP contribution in [0, 0.1) is 19.8 Å². The second kappa shape index (κ2) is 6.31. The van der Waals surface area contributed by atoms with E-state index in [1.807, 2.05) is 26.0 Å². The molecular weight excluding hydrogens is 266 g/mol. The van der Waals surface area contributed by atoms with Gasteiger partial charge in [-0.3, -0.25) is 10.1 Å². The van der Waals surface area contributed by atoms with Crippen LogP contribution in [-0.2, 0) is 11.3 Å². The van der Waals surface area contributed by atoms with Crippen LogP contribution in [0.15, 0.2) is 22.6 Å². The molecule has 0 aliphatic rings. The maximum atomic E-state index is 11.2. The molecule has 0 saturated heterocycles. The van der Waals surface area contributed by atoms with Gasteiger partial charge in [-0.15, -0.1) is 0 Å². The molecule has 114 valence electrons. The number of rotatable bonds is 6. The summed E-state index contributed by atoms with van der Waals surface area (Å²) in [5.74, 6) is 0.288. The first kappa shape index (κ1) is 15.6. The molecule has 0 amide bonds. The fourth-order valence-corrected chi connectivity index (χ4v) is 2.41. The Morgan fingerprint density at radius 2 is 1.90 bits per heavy atom. The largest absolute Gasteiger partial charge is 0.480 e.